The van der Waals surface area contributed by atoms with E-state index in [1.54, 1.807) is 19.9 Å². The lowest BCUT2D eigenvalue weighted by Gasteiger charge is -2.28. The van der Waals surface area contributed by atoms with Crippen molar-refractivity contribution in [3.05, 3.63) is 48.0 Å². The van der Waals surface area contributed by atoms with Gasteiger partial charge in [0.05, 0.1) is 12.2 Å². The van der Waals surface area contributed by atoms with Crippen LogP contribution in [0.1, 0.15) is 25.0 Å². The minimum Gasteiger partial charge on any atom is -0.395 e. The first-order chi connectivity index (χ1) is 11.1. The zero-order chi connectivity index (χ0) is 18.4. The minimum absolute atomic E-state index is 0.155. The molecule has 2 N–H and O–H groups in total. The van der Waals surface area contributed by atoms with E-state index in [4.69, 9.17) is 5.11 Å². The van der Waals surface area contributed by atoms with Crippen molar-refractivity contribution in [3.8, 4) is 0 Å². The number of nitrogens with one attached hydrogen (secondary N) is 1. The third kappa shape index (κ3) is 5.56. The van der Waals surface area contributed by atoms with Crippen LogP contribution in [-0.4, -0.2) is 42.3 Å². The van der Waals surface area contributed by atoms with Crippen molar-refractivity contribution in [2.24, 2.45) is 0 Å². The summed E-state index contributed by atoms with van der Waals surface area (Å²) in [5, 5.41) is 11.7. The summed E-state index contributed by atoms with van der Waals surface area (Å²) in [4.78, 5) is 13.5. The van der Waals surface area contributed by atoms with E-state index in [1.165, 1.54) is 17.0 Å². The third-order valence-corrected chi connectivity index (χ3v) is 3.66. The molecule has 0 atom stereocenters. The number of rotatable bonds is 7. The SMILES string of the molecule is C=CCN(CCO)C(=O)NCC(C)(C)c1cccc(C(F)(F)F)c1. The Morgan fingerprint density at radius 2 is 1.96 bits per heavy atom. The smallest absolute Gasteiger partial charge is 0.395 e. The number of amides is 2. The lowest BCUT2D eigenvalue weighted by Crippen LogP contribution is -2.45. The Kier molecular flexibility index (Phi) is 6.83. The van der Waals surface area contributed by atoms with Crippen molar-refractivity contribution in [1.29, 1.82) is 0 Å². The van der Waals surface area contributed by atoms with E-state index in [1.807, 2.05) is 0 Å². The molecule has 0 bridgehead atoms. The quantitative estimate of drug-likeness (QED) is 0.747. The lowest BCUT2D eigenvalue weighted by molar-refractivity contribution is -0.137. The highest BCUT2D eigenvalue weighted by molar-refractivity contribution is 5.74. The fourth-order valence-corrected chi connectivity index (χ4v) is 2.18. The number of aliphatic hydroxyl groups is 1. The van der Waals surface area contributed by atoms with E-state index < -0.39 is 23.2 Å². The molecule has 0 aliphatic heterocycles. The second-order valence-corrected chi connectivity index (χ2v) is 6.08. The van der Waals surface area contributed by atoms with Crippen LogP contribution in [0.25, 0.3) is 0 Å². The largest absolute Gasteiger partial charge is 0.416 e. The van der Waals surface area contributed by atoms with Crippen molar-refractivity contribution < 1.29 is 23.1 Å². The normalized spacial score (nSPS) is 11.9. The monoisotopic (exact) mass is 344 g/mol. The fraction of sp³-hybridized carbons (Fsp3) is 0.471. The summed E-state index contributed by atoms with van der Waals surface area (Å²) < 4.78 is 38.5. The zero-order valence-electron chi connectivity index (χ0n) is 13.9. The van der Waals surface area contributed by atoms with E-state index in [2.05, 4.69) is 11.9 Å². The highest BCUT2D eigenvalue weighted by Crippen LogP contribution is 2.32. The maximum atomic E-state index is 12.8. The topological polar surface area (TPSA) is 52.6 Å². The maximum absolute atomic E-state index is 12.8. The average Bonchev–Trinajstić information content (AvgIpc) is 2.52. The van der Waals surface area contributed by atoms with Gasteiger partial charge in [-0.3, -0.25) is 0 Å². The third-order valence-electron chi connectivity index (χ3n) is 3.66. The van der Waals surface area contributed by atoms with E-state index in [0.717, 1.165) is 12.1 Å². The molecular formula is C17H23F3N2O2. The molecule has 0 saturated carbocycles. The molecule has 0 heterocycles. The molecule has 1 aromatic rings. The van der Waals surface area contributed by atoms with Gasteiger partial charge >= 0.3 is 12.2 Å². The van der Waals surface area contributed by atoms with Crippen LogP contribution >= 0.6 is 0 Å². The van der Waals surface area contributed by atoms with Gasteiger partial charge in [-0.2, -0.15) is 13.2 Å². The first-order valence-electron chi connectivity index (χ1n) is 7.54. The summed E-state index contributed by atoms with van der Waals surface area (Å²) >= 11 is 0. The number of hydrogen-bond acceptors (Lipinski definition) is 2. The summed E-state index contributed by atoms with van der Waals surface area (Å²) in [6, 6.07) is 4.69. The van der Waals surface area contributed by atoms with Gasteiger partial charge in [0, 0.05) is 25.0 Å². The molecular weight excluding hydrogens is 321 g/mol. The molecule has 0 aliphatic carbocycles. The molecule has 1 rings (SSSR count). The highest BCUT2D eigenvalue weighted by atomic mass is 19.4. The van der Waals surface area contributed by atoms with Crippen molar-refractivity contribution in [2.75, 3.05) is 26.2 Å². The molecule has 0 spiro atoms. The van der Waals surface area contributed by atoms with Crippen LogP contribution in [0.3, 0.4) is 0 Å². The fourth-order valence-electron chi connectivity index (χ4n) is 2.18. The predicted molar refractivity (Wildman–Crippen MR) is 86.7 cm³/mol. The number of carbonyl (C=O) groups excluding carboxylic acids is 1. The Morgan fingerprint density at radius 1 is 1.33 bits per heavy atom. The van der Waals surface area contributed by atoms with Crippen LogP contribution in [0.4, 0.5) is 18.0 Å². The molecule has 0 radical (unpaired) electrons. The Morgan fingerprint density at radius 3 is 2.50 bits per heavy atom. The molecule has 24 heavy (non-hydrogen) atoms. The Hall–Kier alpha value is -2.02. The first-order valence-corrected chi connectivity index (χ1v) is 7.54. The molecule has 0 unspecified atom stereocenters. The summed E-state index contributed by atoms with van der Waals surface area (Å²) in [6.45, 7) is 7.46. The summed E-state index contributed by atoms with van der Waals surface area (Å²) in [7, 11) is 0. The van der Waals surface area contributed by atoms with Crippen LogP contribution in [0.2, 0.25) is 0 Å². The number of hydrogen-bond donors (Lipinski definition) is 2. The molecule has 134 valence electrons. The standard InChI is InChI=1S/C17H23F3N2O2/c1-4-8-22(9-10-23)15(24)21-12-16(2,3)13-6-5-7-14(11-13)17(18,19)20/h4-7,11,23H,1,8-10,12H2,2-3H3,(H,21,24). The molecule has 2 amide bonds. The Balaban J connectivity index is 2.82. The van der Waals surface area contributed by atoms with Gasteiger partial charge in [0.15, 0.2) is 0 Å². The van der Waals surface area contributed by atoms with Gasteiger partial charge in [-0.05, 0) is 11.6 Å². The number of benzene rings is 1. The summed E-state index contributed by atoms with van der Waals surface area (Å²) in [5.41, 5.74) is -0.918. The second kappa shape index (κ2) is 8.19. The molecule has 0 aliphatic rings. The number of aliphatic hydroxyl groups excluding tert-OH is 1. The van der Waals surface area contributed by atoms with Gasteiger partial charge in [0.1, 0.15) is 0 Å². The van der Waals surface area contributed by atoms with Crippen LogP contribution in [0.5, 0.6) is 0 Å². The highest BCUT2D eigenvalue weighted by Gasteiger charge is 2.32. The van der Waals surface area contributed by atoms with Gasteiger partial charge in [0.25, 0.3) is 0 Å². The number of carbonyl (C=O) groups is 1. The van der Waals surface area contributed by atoms with E-state index >= 15 is 0 Å². The second-order valence-electron chi connectivity index (χ2n) is 6.08. The van der Waals surface area contributed by atoms with Crippen LogP contribution in [0, 0.1) is 0 Å². The van der Waals surface area contributed by atoms with E-state index in [9.17, 15) is 18.0 Å². The Bertz CT molecular complexity index is 571. The van der Waals surface area contributed by atoms with Crippen molar-refractivity contribution in [3.63, 3.8) is 0 Å². The van der Waals surface area contributed by atoms with E-state index in [0.29, 0.717) is 5.56 Å². The number of halogens is 3. The number of alkyl halides is 3. The average molecular weight is 344 g/mol. The number of nitrogens with zero attached hydrogens (tertiary/aromatic N) is 1. The molecule has 7 heteroatoms. The van der Waals surface area contributed by atoms with Crippen LogP contribution in [0.15, 0.2) is 36.9 Å². The van der Waals surface area contributed by atoms with Crippen molar-refractivity contribution in [2.45, 2.75) is 25.4 Å². The zero-order valence-corrected chi connectivity index (χ0v) is 13.9. The van der Waals surface area contributed by atoms with Gasteiger partial charge in [0.2, 0.25) is 0 Å². The maximum Gasteiger partial charge on any atom is 0.416 e. The molecule has 0 saturated heterocycles. The molecule has 1 aromatic carbocycles. The van der Waals surface area contributed by atoms with Crippen LogP contribution < -0.4 is 5.32 Å². The van der Waals surface area contributed by atoms with Crippen molar-refractivity contribution >= 4 is 6.03 Å². The van der Waals surface area contributed by atoms with Gasteiger partial charge in [-0.15, -0.1) is 6.58 Å². The Labute approximate surface area is 140 Å². The molecule has 0 aromatic heterocycles. The van der Waals surface area contributed by atoms with Crippen molar-refractivity contribution in [1.82, 2.24) is 10.2 Å². The van der Waals surface area contributed by atoms with Crippen LogP contribution in [-0.2, 0) is 11.6 Å². The van der Waals surface area contributed by atoms with Gasteiger partial charge in [-0.25, -0.2) is 4.79 Å². The summed E-state index contributed by atoms with van der Waals surface area (Å²) in [5.74, 6) is 0. The molecule has 4 nitrogen and oxygen atoms in total. The predicted octanol–water partition coefficient (Wildman–Crippen LogP) is 3.17. The number of urea groups is 1. The molecule has 0 fully saturated rings. The first kappa shape index (κ1) is 20.0. The lowest BCUT2D eigenvalue weighted by atomic mass is 9.84. The van der Waals surface area contributed by atoms with Gasteiger partial charge in [-0.1, -0.05) is 38.1 Å². The summed E-state index contributed by atoms with van der Waals surface area (Å²) in [6.07, 6.45) is -2.87. The van der Waals surface area contributed by atoms with Gasteiger partial charge < -0.3 is 15.3 Å². The van der Waals surface area contributed by atoms with E-state index in [-0.39, 0.29) is 26.2 Å². The minimum atomic E-state index is -4.41.